The average Bonchev–Trinajstić information content (AvgIpc) is 2.28. The summed E-state index contributed by atoms with van der Waals surface area (Å²) >= 11 is 0. The van der Waals surface area contributed by atoms with E-state index in [1.54, 1.807) is 12.1 Å². The van der Waals surface area contributed by atoms with E-state index in [0.717, 1.165) is 11.4 Å². The van der Waals surface area contributed by atoms with Crippen molar-refractivity contribution in [2.24, 2.45) is 0 Å². The highest BCUT2D eigenvalue weighted by molar-refractivity contribution is 5.85. The van der Waals surface area contributed by atoms with E-state index in [0.29, 0.717) is 11.6 Å². The number of halogens is 1. The van der Waals surface area contributed by atoms with Gasteiger partial charge in [0, 0.05) is 29.2 Å². The second kappa shape index (κ2) is 6.10. The van der Waals surface area contributed by atoms with Gasteiger partial charge in [0.1, 0.15) is 0 Å². The van der Waals surface area contributed by atoms with Crippen molar-refractivity contribution in [3.63, 3.8) is 0 Å². The number of nitrogens with one attached hydrogen (secondary N) is 1. The molecule has 2 aromatic rings. The Labute approximate surface area is 116 Å². The summed E-state index contributed by atoms with van der Waals surface area (Å²) in [5.74, 6) is 0.487. The van der Waals surface area contributed by atoms with Crippen LogP contribution < -0.4 is 5.32 Å². The minimum Gasteiger partial charge on any atom is -0.324 e. The lowest BCUT2D eigenvalue weighted by molar-refractivity contribution is -0.384. The smallest absolute Gasteiger partial charge is 0.269 e. The van der Waals surface area contributed by atoms with Crippen LogP contribution in [0.1, 0.15) is 11.4 Å². The number of benzene rings is 1. The van der Waals surface area contributed by atoms with Crippen molar-refractivity contribution in [1.82, 2.24) is 9.97 Å². The van der Waals surface area contributed by atoms with Crippen LogP contribution in [-0.2, 0) is 0 Å². The molecule has 6 nitrogen and oxygen atoms in total. The summed E-state index contributed by atoms with van der Waals surface area (Å²) in [6.45, 7) is 3.77. The van der Waals surface area contributed by atoms with Crippen molar-refractivity contribution >= 4 is 29.7 Å². The number of aromatic nitrogens is 2. The summed E-state index contributed by atoms with van der Waals surface area (Å²) in [6, 6.07) is 8.00. The Balaban J connectivity index is 0.00000180. The van der Waals surface area contributed by atoms with E-state index in [4.69, 9.17) is 0 Å². The Kier molecular flexibility index (Phi) is 4.77. The van der Waals surface area contributed by atoms with Crippen LogP contribution in [0, 0.1) is 24.0 Å². The highest BCUT2D eigenvalue weighted by Gasteiger charge is 2.05. The van der Waals surface area contributed by atoms with E-state index in [-0.39, 0.29) is 18.1 Å². The maximum absolute atomic E-state index is 10.5. The molecular formula is C12H13ClN4O2. The second-order valence-corrected chi connectivity index (χ2v) is 3.90. The fourth-order valence-corrected chi connectivity index (χ4v) is 1.58. The molecule has 2 rings (SSSR count). The predicted molar refractivity (Wildman–Crippen MR) is 75.1 cm³/mol. The molecule has 0 spiro atoms. The van der Waals surface area contributed by atoms with Crippen LogP contribution >= 0.6 is 12.4 Å². The van der Waals surface area contributed by atoms with Gasteiger partial charge in [0.2, 0.25) is 5.95 Å². The lowest BCUT2D eigenvalue weighted by atomic mass is 10.3. The maximum atomic E-state index is 10.5. The number of nitro benzene ring substituents is 1. The molecule has 0 saturated heterocycles. The zero-order valence-corrected chi connectivity index (χ0v) is 11.3. The number of rotatable bonds is 3. The van der Waals surface area contributed by atoms with Gasteiger partial charge in [-0.15, -0.1) is 12.4 Å². The number of nitro groups is 1. The largest absolute Gasteiger partial charge is 0.324 e. The molecule has 0 bridgehead atoms. The minimum atomic E-state index is -0.433. The monoisotopic (exact) mass is 280 g/mol. The summed E-state index contributed by atoms with van der Waals surface area (Å²) in [6.07, 6.45) is 0. The van der Waals surface area contributed by atoms with Crippen LogP contribution in [0.4, 0.5) is 17.3 Å². The van der Waals surface area contributed by atoms with Gasteiger partial charge in [0.05, 0.1) is 4.92 Å². The van der Waals surface area contributed by atoms with Gasteiger partial charge in [-0.25, -0.2) is 9.97 Å². The van der Waals surface area contributed by atoms with Crippen molar-refractivity contribution in [1.29, 1.82) is 0 Å². The van der Waals surface area contributed by atoms with E-state index in [1.165, 1.54) is 12.1 Å². The number of hydrogen-bond acceptors (Lipinski definition) is 5. The Morgan fingerprint density at radius 3 is 2.11 bits per heavy atom. The summed E-state index contributed by atoms with van der Waals surface area (Å²) in [5, 5.41) is 13.5. The molecule has 19 heavy (non-hydrogen) atoms. The van der Waals surface area contributed by atoms with E-state index in [9.17, 15) is 10.1 Å². The molecule has 1 aromatic heterocycles. The predicted octanol–water partition coefficient (Wildman–Crippen LogP) is 3.17. The van der Waals surface area contributed by atoms with Gasteiger partial charge >= 0.3 is 0 Å². The second-order valence-electron chi connectivity index (χ2n) is 3.90. The molecule has 100 valence electrons. The third-order valence-corrected chi connectivity index (χ3v) is 2.32. The summed E-state index contributed by atoms with van der Waals surface area (Å²) in [5.41, 5.74) is 2.51. The zero-order chi connectivity index (χ0) is 13.1. The SMILES string of the molecule is Cc1cc(C)nc(Nc2ccc([N+](=O)[O-])cc2)n1.Cl. The Morgan fingerprint density at radius 1 is 1.11 bits per heavy atom. The first-order valence-electron chi connectivity index (χ1n) is 5.38. The molecule has 0 aliphatic carbocycles. The van der Waals surface area contributed by atoms with E-state index >= 15 is 0 Å². The molecule has 1 heterocycles. The zero-order valence-electron chi connectivity index (χ0n) is 10.5. The summed E-state index contributed by atoms with van der Waals surface area (Å²) in [4.78, 5) is 18.5. The number of aryl methyl sites for hydroxylation is 2. The van der Waals surface area contributed by atoms with Crippen LogP contribution in [0.25, 0.3) is 0 Å². The molecule has 7 heteroatoms. The fourth-order valence-electron chi connectivity index (χ4n) is 1.58. The standard InChI is InChI=1S/C12H12N4O2.ClH/c1-8-7-9(2)14-12(13-8)15-10-3-5-11(6-4-10)16(17)18;/h3-7H,1-2H3,(H,13,14,15);1H. The van der Waals surface area contributed by atoms with Gasteiger partial charge in [-0.1, -0.05) is 0 Å². The van der Waals surface area contributed by atoms with Gasteiger partial charge in [0.25, 0.3) is 5.69 Å². The van der Waals surface area contributed by atoms with E-state index < -0.39 is 4.92 Å². The van der Waals surface area contributed by atoms with Crippen LogP contribution in [0.5, 0.6) is 0 Å². The van der Waals surface area contributed by atoms with Gasteiger partial charge in [-0.3, -0.25) is 10.1 Å². The van der Waals surface area contributed by atoms with Crippen molar-refractivity contribution in [3.05, 3.63) is 51.8 Å². The highest BCUT2D eigenvalue weighted by atomic mass is 35.5. The molecule has 0 unspecified atom stereocenters. The lowest BCUT2D eigenvalue weighted by Crippen LogP contribution is -2.00. The molecule has 0 saturated carbocycles. The molecule has 1 aromatic carbocycles. The third-order valence-electron chi connectivity index (χ3n) is 2.32. The normalized spacial score (nSPS) is 9.58. The van der Waals surface area contributed by atoms with Crippen LogP contribution in [0.2, 0.25) is 0 Å². The van der Waals surface area contributed by atoms with Gasteiger partial charge < -0.3 is 5.32 Å². The number of nitrogens with zero attached hydrogens (tertiary/aromatic N) is 3. The average molecular weight is 281 g/mol. The van der Waals surface area contributed by atoms with Crippen molar-refractivity contribution in [2.75, 3.05) is 5.32 Å². The Morgan fingerprint density at radius 2 is 1.63 bits per heavy atom. The maximum Gasteiger partial charge on any atom is 0.269 e. The van der Waals surface area contributed by atoms with Crippen molar-refractivity contribution in [3.8, 4) is 0 Å². The summed E-state index contributed by atoms with van der Waals surface area (Å²) in [7, 11) is 0. The van der Waals surface area contributed by atoms with E-state index in [1.807, 2.05) is 19.9 Å². The molecule has 1 N–H and O–H groups in total. The molecule has 0 fully saturated rings. The van der Waals surface area contributed by atoms with Crippen LogP contribution in [0.15, 0.2) is 30.3 Å². The van der Waals surface area contributed by atoms with Crippen LogP contribution in [-0.4, -0.2) is 14.9 Å². The molecule has 0 atom stereocenters. The molecule has 0 radical (unpaired) electrons. The van der Waals surface area contributed by atoms with E-state index in [2.05, 4.69) is 15.3 Å². The summed E-state index contributed by atoms with van der Waals surface area (Å²) < 4.78 is 0. The number of hydrogen-bond donors (Lipinski definition) is 1. The lowest BCUT2D eigenvalue weighted by Gasteiger charge is -2.06. The molecule has 0 aliphatic rings. The minimum absolute atomic E-state index is 0. The van der Waals surface area contributed by atoms with Gasteiger partial charge in [-0.2, -0.15) is 0 Å². The molecule has 0 aliphatic heterocycles. The third kappa shape index (κ3) is 3.89. The number of non-ortho nitro benzene ring substituents is 1. The molecular weight excluding hydrogens is 268 g/mol. The first-order chi connectivity index (χ1) is 8.54. The molecule has 0 amide bonds. The van der Waals surface area contributed by atoms with Gasteiger partial charge in [0.15, 0.2) is 0 Å². The van der Waals surface area contributed by atoms with Crippen molar-refractivity contribution < 1.29 is 4.92 Å². The fraction of sp³-hybridized carbons (Fsp3) is 0.167. The Bertz CT molecular complexity index is 567. The van der Waals surface area contributed by atoms with Crippen LogP contribution in [0.3, 0.4) is 0 Å². The number of anilines is 2. The van der Waals surface area contributed by atoms with Gasteiger partial charge in [-0.05, 0) is 32.0 Å². The van der Waals surface area contributed by atoms with Crippen molar-refractivity contribution in [2.45, 2.75) is 13.8 Å². The first-order valence-corrected chi connectivity index (χ1v) is 5.38. The highest BCUT2D eigenvalue weighted by Crippen LogP contribution is 2.18. The Hall–Kier alpha value is -2.21. The topological polar surface area (TPSA) is 81.0 Å². The first kappa shape index (κ1) is 14.8. The quantitative estimate of drug-likeness (QED) is 0.690.